The SMILES string of the molecule is Cc1nc(-c2cccc(NC(=O)N3CCC(CO)CC3)c2)oc1C. The number of benzene rings is 1. The maximum Gasteiger partial charge on any atom is 0.321 e. The lowest BCUT2D eigenvalue weighted by molar-refractivity contribution is 0.143. The zero-order chi connectivity index (χ0) is 17.1. The third kappa shape index (κ3) is 3.59. The van der Waals surface area contributed by atoms with Crippen LogP contribution in [0.25, 0.3) is 11.5 Å². The zero-order valence-electron chi connectivity index (χ0n) is 14.1. The summed E-state index contributed by atoms with van der Waals surface area (Å²) in [5.74, 6) is 1.67. The third-order valence-corrected chi connectivity index (χ3v) is 4.55. The molecule has 0 saturated carbocycles. The average molecular weight is 329 g/mol. The molecule has 0 radical (unpaired) electrons. The summed E-state index contributed by atoms with van der Waals surface area (Å²) in [7, 11) is 0. The number of aliphatic hydroxyl groups is 1. The molecule has 2 aromatic rings. The number of oxazole rings is 1. The van der Waals surface area contributed by atoms with E-state index in [1.165, 1.54) is 0 Å². The number of aromatic nitrogens is 1. The Hall–Kier alpha value is -2.34. The van der Waals surface area contributed by atoms with Crippen molar-refractivity contribution in [2.45, 2.75) is 26.7 Å². The van der Waals surface area contributed by atoms with E-state index in [-0.39, 0.29) is 12.6 Å². The van der Waals surface area contributed by atoms with Gasteiger partial charge in [0.15, 0.2) is 0 Å². The standard InChI is InChI=1S/C18H23N3O3/c1-12-13(2)24-17(19-12)15-4-3-5-16(10-15)20-18(23)21-8-6-14(11-22)7-9-21/h3-5,10,14,22H,6-9,11H2,1-2H3,(H,20,23). The molecule has 3 rings (SSSR count). The molecule has 0 unspecified atom stereocenters. The van der Waals surface area contributed by atoms with Crippen molar-refractivity contribution in [3.8, 4) is 11.5 Å². The molecule has 0 aliphatic carbocycles. The molecule has 1 aliphatic rings. The molecule has 0 atom stereocenters. The van der Waals surface area contributed by atoms with Crippen molar-refractivity contribution in [1.82, 2.24) is 9.88 Å². The lowest BCUT2D eigenvalue weighted by atomic mass is 9.98. The molecule has 2 N–H and O–H groups in total. The van der Waals surface area contributed by atoms with Gasteiger partial charge >= 0.3 is 6.03 Å². The van der Waals surface area contributed by atoms with Crippen LogP contribution in [0, 0.1) is 19.8 Å². The number of rotatable bonds is 3. The number of amides is 2. The summed E-state index contributed by atoms with van der Waals surface area (Å²) in [4.78, 5) is 18.6. The second-order valence-corrected chi connectivity index (χ2v) is 6.28. The van der Waals surface area contributed by atoms with Crippen molar-refractivity contribution in [3.63, 3.8) is 0 Å². The molecule has 1 aromatic heterocycles. The highest BCUT2D eigenvalue weighted by Crippen LogP contribution is 2.24. The highest BCUT2D eigenvalue weighted by atomic mass is 16.4. The molecule has 1 aromatic carbocycles. The van der Waals surface area contributed by atoms with E-state index in [0.29, 0.717) is 24.9 Å². The summed E-state index contributed by atoms with van der Waals surface area (Å²) in [5, 5.41) is 12.1. The van der Waals surface area contributed by atoms with Crippen molar-refractivity contribution < 1.29 is 14.3 Å². The summed E-state index contributed by atoms with van der Waals surface area (Å²) in [5.41, 5.74) is 2.42. The first kappa shape index (κ1) is 16.5. The summed E-state index contributed by atoms with van der Waals surface area (Å²) in [6.45, 7) is 5.34. The number of urea groups is 1. The summed E-state index contributed by atoms with van der Waals surface area (Å²) >= 11 is 0. The van der Waals surface area contributed by atoms with Gasteiger partial charge in [-0.3, -0.25) is 0 Å². The number of aliphatic hydroxyl groups excluding tert-OH is 1. The summed E-state index contributed by atoms with van der Waals surface area (Å²) in [6, 6.07) is 7.39. The van der Waals surface area contributed by atoms with Crippen LogP contribution in [0.1, 0.15) is 24.3 Å². The number of hydrogen-bond acceptors (Lipinski definition) is 4. The highest BCUT2D eigenvalue weighted by Gasteiger charge is 2.22. The Morgan fingerprint density at radius 2 is 2.12 bits per heavy atom. The second kappa shape index (κ2) is 7.05. The van der Waals surface area contributed by atoms with E-state index in [9.17, 15) is 9.90 Å². The first-order valence-electron chi connectivity index (χ1n) is 8.28. The van der Waals surface area contributed by atoms with Crippen LogP contribution in [0.4, 0.5) is 10.5 Å². The van der Waals surface area contributed by atoms with Crippen molar-refractivity contribution >= 4 is 11.7 Å². The normalized spacial score (nSPS) is 15.5. The first-order valence-corrected chi connectivity index (χ1v) is 8.28. The van der Waals surface area contributed by atoms with Crippen molar-refractivity contribution in [2.75, 3.05) is 25.0 Å². The Morgan fingerprint density at radius 3 is 2.75 bits per heavy atom. The van der Waals surface area contributed by atoms with E-state index in [1.807, 2.05) is 38.1 Å². The van der Waals surface area contributed by atoms with Crippen LogP contribution < -0.4 is 5.32 Å². The lowest BCUT2D eigenvalue weighted by Crippen LogP contribution is -2.41. The fraction of sp³-hybridized carbons (Fsp3) is 0.444. The Kier molecular flexibility index (Phi) is 4.85. The number of likely N-dealkylation sites (tertiary alicyclic amines) is 1. The van der Waals surface area contributed by atoms with E-state index >= 15 is 0 Å². The van der Waals surface area contributed by atoms with Gasteiger partial charge in [0.2, 0.25) is 5.89 Å². The molecule has 1 fully saturated rings. The van der Waals surface area contributed by atoms with Gasteiger partial charge in [0.25, 0.3) is 0 Å². The molecule has 24 heavy (non-hydrogen) atoms. The minimum atomic E-state index is -0.108. The van der Waals surface area contributed by atoms with E-state index in [0.717, 1.165) is 35.5 Å². The van der Waals surface area contributed by atoms with Gasteiger partial charge in [0.05, 0.1) is 5.69 Å². The minimum Gasteiger partial charge on any atom is -0.441 e. The van der Waals surface area contributed by atoms with Gasteiger partial charge in [0, 0.05) is 30.9 Å². The van der Waals surface area contributed by atoms with Gasteiger partial charge in [-0.15, -0.1) is 0 Å². The van der Waals surface area contributed by atoms with E-state index in [2.05, 4.69) is 10.3 Å². The van der Waals surface area contributed by atoms with E-state index < -0.39 is 0 Å². The van der Waals surface area contributed by atoms with Crippen LogP contribution in [0.3, 0.4) is 0 Å². The number of nitrogens with one attached hydrogen (secondary N) is 1. The molecular formula is C18H23N3O3. The van der Waals surface area contributed by atoms with Gasteiger partial charge in [-0.1, -0.05) is 6.07 Å². The monoisotopic (exact) mass is 329 g/mol. The van der Waals surface area contributed by atoms with Crippen LogP contribution in [0.15, 0.2) is 28.7 Å². The molecule has 128 valence electrons. The third-order valence-electron chi connectivity index (χ3n) is 4.55. The van der Waals surface area contributed by atoms with E-state index in [1.54, 1.807) is 4.90 Å². The highest BCUT2D eigenvalue weighted by molar-refractivity contribution is 5.90. The number of anilines is 1. The number of hydrogen-bond donors (Lipinski definition) is 2. The van der Waals surface area contributed by atoms with Gasteiger partial charge in [0.1, 0.15) is 5.76 Å². The average Bonchev–Trinajstić information content (AvgIpc) is 2.94. The van der Waals surface area contributed by atoms with Gasteiger partial charge in [-0.25, -0.2) is 9.78 Å². The summed E-state index contributed by atoms with van der Waals surface area (Å²) in [6.07, 6.45) is 1.69. The molecule has 2 amide bonds. The number of aryl methyl sites for hydroxylation is 2. The van der Waals surface area contributed by atoms with Crippen LogP contribution in [0.5, 0.6) is 0 Å². The fourth-order valence-corrected chi connectivity index (χ4v) is 2.85. The second-order valence-electron chi connectivity index (χ2n) is 6.28. The fourth-order valence-electron chi connectivity index (χ4n) is 2.85. The molecular weight excluding hydrogens is 306 g/mol. The minimum absolute atomic E-state index is 0.108. The zero-order valence-corrected chi connectivity index (χ0v) is 14.1. The van der Waals surface area contributed by atoms with Gasteiger partial charge < -0.3 is 19.7 Å². The van der Waals surface area contributed by atoms with Gasteiger partial charge in [-0.2, -0.15) is 0 Å². The Morgan fingerprint density at radius 1 is 1.38 bits per heavy atom. The molecule has 1 aliphatic heterocycles. The smallest absolute Gasteiger partial charge is 0.321 e. The number of piperidine rings is 1. The Labute approximate surface area is 141 Å². The van der Waals surface area contributed by atoms with Crippen molar-refractivity contribution in [2.24, 2.45) is 5.92 Å². The molecule has 2 heterocycles. The predicted molar refractivity (Wildman–Crippen MR) is 91.8 cm³/mol. The quantitative estimate of drug-likeness (QED) is 0.906. The largest absolute Gasteiger partial charge is 0.441 e. The van der Waals surface area contributed by atoms with Gasteiger partial charge in [-0.05, 0) is 50.8 Å². The maximum absolute atomic E-state index is 12.4. The van der Waals surface area contributed by atoms with Crippen molar-refractivity contribution in [3.05, 3.63) is 35.7 Å². The van der Waals surface area contributed by atoms with E-state index in [4.69, 9.17) is 4.42 Å². The van der Waals surface area contributed by atoms with Crippen LogP contribution in [-0.2, 0) is 0 Å². The molecule has 1 saturated heterocycles. The first-order chi connectivity index (χ1) is 11.6. The lowest BCUT2D eigenvalue weighted by Gasteiger charge is -2.31. The van der Waals surface area contributed by atoms with Crippen LogP contribution >= 0.6 is 0 Å². The molecule has 0 bridgehead atoms. The molecule has 6 heteroatoms. The topological polar surface area (TPSA) is 78.6 Å². The number of nitrogens with zero attached hydrogens (tertiary/aromatic N) is 2. The number of carbonyl (C=O) groups is 1. The summed E-state index contributed by atoms with van der Waals surface area (Å²) < 4.78 is 5.64. The Balaban J connectivity index is 1.67. The maximum atomic E-state index is 12.4. The van der Waals surface area contributed by atoms with Crippen LogP contribution in [-0.4, -0.2) is 40.7 Å². The van der Waals surface area contributed by atoms with Crippen molar-refractivity contribution in [1.29, 1.82) is 0 Å². The number of carbonyl (C=O) groups excluding carboxylic acids is 1. The molecule has 6 nitrogen and oxygen atoms in total. The predicted octanol–water partition coefficient (Wildman–Crippen LogP) is 3.19. The molecule has 0 spiro atoms. The van der Waals surface area contributed by atoms with Crippen LogP contribution in [0.2, 0.25) is 0 Å². The Bertz CT molecular complexity index is 699.